The quantitative estimate of drug-likeness (QED) is 0.376. The highest BCUT2D eigenvalue weighted by atomic mass is 35.5. The van der Waals surface area contributed by atoms with Crippen molar-refractivity contribution < 1.29 is 23.9 Å². The molecule has 0 aliphatic rings. The summed E-state index contributed by atoms with van der Waals surface area (Å²) in [5, 5.41) is 0. The average molecular weight is 223 g/mol. The maximum Gasteiger partial charge on any atom is 0.320 e. The van der Waals surface area contributed by atoms with Gasteiger partial charge in [-0.2, -0.15) is 0 Å². The van der Waals surface area contributed by atoms with Crippen molar-refractivity contribution in [2.75, 3.05) is 20.1 Å². The Morgan fingerprint density at radius 3 is 1.86 bits per heavy atom. The van der Waals surface area contributed by atoms with Gasteiger partial charge < -0.3 is 9.47 Å². The summed E-state index contributed by atoms with van der Waals surface area (Å²) in [6.07, 6.45) is -0.289. The van der Waals surface area contributed by atoms with Crippen LogP contribution in [0.25, 0.3) is 0 Å². The predicted molar refractivity (Wildman–Crippen MR) is 47.9 cm³/mol. The molecule has 0 atom stereocenters. The summed E-state index contributed by atoms with van der Waals surface area (Å²) in [6, 6.07) is 0. The van der Waals surface area contributed by atoms with Crippen molar-refractivity contribution in [3.63, 3.8) is 0 Å². The number of ether oxygens (including phenoxy) is 2. The minimum Gasteiger partial charge on any atom is -0.468 e. The third-order valence-electron chi connectivity index (χ3n) is 1.55. The number of carbonyl (C=O) groups excluding carboxylic acids is 3. The third-order valence-corrected chi connectivity index (χ3v) is 1.85. The Bertz CT molecular complexity index is 222. The Labute approximate surface area is 86.3 Å². The van der Waals surface area contributed by atoms with E-state index < -0.39 is 23.6 Å². The Kier molecular flexibility index (Phi) is 5.87. The van der Waals surface area contributed by atoms with E-state index in [4.69, 9.17) is 11.6 Å². The molecule has 0 aromatic carbocycles. The van der Waals surface area contributed by atoms with Gasteiger partial charge in [0.2, 0.25) is 0 Å². The number of Topliss-reactive ketones (excluding diaryl/α,β-unsaturated/α-hetero) is 1. The Hall–Kier alpha value is -1.10. The zero-order valence-electron chi connectivity index (χ0n) is 7.91. The zero-order chi connectivity index (χ0) is 11.1. The molecule has 0 rings (SSSR count). The van der Waals surface area contributed by atoms with Crippen molar-refractivity contribution in [2.45, 2.75) is 6.42 Å². The molecule has 0 bridgehead atoms. The van der Waals surface area contributed by atoms with Gasteiger partial charge in [-0.15, -0.1) is 11.6 Å². The van der Waals surface area contributed by atoms with Crippen molar-refractivity contribution in [3.05, 3.63) is 0 Å². The second kappa shape index (κ2) is 6.37. The molecule has 0 heterocycles. The fourth-order valence-corrected chi connectivity index (χ4v) is 0.939. The molecule has 0 unspecified atom stereocenters. The molecule has 0 aromatic rings. The van der Waals surface area contributed by atoms with E-state index in [1.165, 1.54) is 0 Å². The maximum atomic E-state index is 11.0. The first kappa shape index (κ1) is 12.9. The van der Waals surface area contributed by atoms with Gasteiger partial charge in [0.1, 0.15) is 5.78 Å². The van der Waals surface area contributed by atoms with E-state index in [1.807, 2.05) is 0 Å². The van der Waals surface area contributed by atoms with Gasteiger partial charge in [-0.05, 0) is 0 Å². The summed E-state index contributed by atoms with van der Waals surface area (Å²) in [5.74, 6) is -3.46. The van der Waals surface area contributed by atoms with Gasteiger partial charge in [0.25, 0.3) is 0 Å². The maximum absolute atomic E-state index is 11.0. The zero-order valence-corrected chi connectivity index (χ0v) is 8.67. The number of alkyl halides is 1. The van der Waals surface area contributed by atoms with Gasteiger partial charge in [0, 0.05) is 6.42 Å². The first-order chi connectivity index (χ1) is 6.56. The fourth-order valence-electron chi connectivity index (χ4n) is 0.830. The molecule has 0 fully saturated rings. The molecule has 0 spiro atoms. The summed E-state index contributed by atoms with van der Waals surface area (Å²) in [5.41, 5.74) is 0. The number of methoxy groups -OCH3 is 2. The Balaban J connectivity index is 4.48. The van der Waals surface area contributed by atoms with Gasteiger partial charge in [-0.3, -0.25) is 14.4 Å². The molecule has 0 aliphatic heterocycles. The van der Waals surface area contributed by atoms with E-state index in [0.29, 0.717) is 0 Å². The Morgan fingerprint density at radius 2 is 1.57 bits per heavy atom. The molecule has 6 heteroatoms. The molecular weight excluding hydrogens is 212 g/mol. The van der Waals surface area contributed by atoms with Gasteiger partial charge in [-0.1, -0.05) is 0 Å². The van der Waals surface area contributed by atoms with Gasteiger partial charge in [-0.25, -0.2) is 0 Å². The molecule has 0 saturated carbocycles. The highest BCUT2D eigenvalue weighted by Crippen LogP contribution is 2.09. The van der Waals surface area contributed by atoms with Crippen LogP contribution in [0.2, 0.25) is 0 Å². The van der Waals surface area contributed by atoms with Crippen molar-refractivity contribution >= 4 is 29.3 Å². The number of hydrogen-bond acceptors (Lipinski definition) is 5. The minimum atomic E-state index is -1.21. The topological polar surface area (TPSA) is 69.7 Å². The molecule has 0 aromatic heterocycles. The van der Waals surface area contributed by atoms with Crippen LogP contribution in [0.4, 0.5) is 0 Å². The molecule has 0 radical (unpaired) electrons. The van der Waals surface area contributed by atoms with Gasteiger partial charge >= 0.3 is 11.9 Å². The second-order valence-corrected chi connectivity index (χ2v) is 2.74. The molecule has 0 N–H and O–H groups in total. The number of carbonyl (C=O) groups is 3. The standard InChI is InChI=1S/C8H11ClO5/c1-13-7(11)6(8(12)14-2)3-5(10)4-9/h6H,3-4H2,1-2H3. The predicted octanol–water partition coefficient (Wildman–Crippen LogP) is 0.147. The van der Waals surface area contributed by atoms with Crippen LogP contribution in [0.3, 0.4) is 0 Å². The molecule has 0 saturated heterocycles. The Morgan fingerprint density at radius 1 is 1.14 bits per heavy atom. The molecule has 0 amide bonds. The van der Waals surface area contributed by atoms with Crippen LogP contribution in [-0.2, 0) is 23.9 Å². The highest BCUT2D eigenvalue weighted by Gasteiger charge is 2.30. The largest absolute Gasteiger partial charge is 0.468 e. The molecule has 0 aliphatic carbocycles. The third kappa shape index (κ3) is 3.74. The first-order valence-electron chi connectivity index (χ1n) is 3.80. The molecule has 80 valence electrons. The van der Waals surface area contributed by atoms with E-state index in [-0.39, 0.29) is 12.3 Å². The van der Waals surface area contributed by atoms with Crippen LogP contribution in [0.15, 0.2) is 0 Å². The first-order valence-corrected chi connectivity index (χ1v) is 4.33. The highest BCUT2D eigenvalue weighted by molar-refractivity contribution is 6.28. The summed E-state index contributed by atoms with van der Waals surface area (Å²) < 4.78 is 8.69. The summed E-state index contributed by atoms with van der Waals surface area (Å²) >= 11 is 5.24. The number of ketones is 1. The molecule has 5 nitrogen and oxygen atoms in total. The van der Waals surface area contributed by atoms with Crippen LogP contribution in [-0.4, -0.2) is 37.8 Å². The van der Waals surface area contributed by atoms with Crippen molar-refractivity contribution in [2.24, 2.45) is 5.92 Å². The fraction of sp³-hybridized carbons (Fsp3) is 0.625. The number of halogens is 1. The van der Waals surface area contributed by atoms with Crippen LogP contribution < -0.4 is 0 Å². The van der Waals surface area contributed by atoms with Crippen LogP contribution >= 0.6 is 11.6 Å². The van der Waals surface area contributed by atoms with Crippen LogP contribution in [0.5, 0.6) is 0 Å². The van der Waals surface area contributed by atoms with E-state index in [9.17, 15) is 14.4 Å². The summed E-state index contributed by atoms with van der Waals surface area (Å²) in [4.78, 5) is 33.0. The number of esters is 2. The van der Waals surface area contributed by atoms with E-state index >= 15 is 0 Å². The van der Waals surface area contributed by atoms with Crippen molar-refractivity contribution in [1.29, 1.82) is 0 Å². The van der Waals surface area contributed by atoms with Crippen molar-refractivity contribution in [3.8, 4) is 0 Å². The lowest BCUT2D eigenvalue weighted by Gasteiger charge is -2.10. The van der Waals surface area contributed by atoms with Crippen molar-refractivity contribution in [1.82, 2.24) is 0 Å². The molecular formula is C8H11ClO5. The lowest BCUT2D eigenvalue weighted by atomic mass is 10.0. The lowest BCUT2D eigenvalue weighted by molar-refractivity contribution is -0.160. The molecule has 14 heavy (non-hydrogen) atoms. The van der Waals surface area contributed by atoms with E-state index in [1.54, 1.807) is 0 Å². The van der Waals surface area contributed by atoms with Gasteiger partial charge in [0.15, 0.2) is 5.92 Å². The normalized spacial score (nSPS) is 9.71. The monoisotopic (exact) mass is 222 g/mol. The van der Waals surface area contributed by atoms with E-state index in [0.717, 1.165) is 14.2 Å². The lowest BCUT2D eigenvalue weighted by Crippen LogP contribution is -2.29. The van der Waals surface area contributed by atoms with Crippen LogP contribution in [0.1, 0.15) is 6.42 Å². The van der Waals surface area contributed by atoms with E-state index in [2.05, 4.69) is 9.47 Å². The SMILES string of the molecule is COC(=O)C(CC(=O)CCl)C(=O)OC. The smallest absolute Gasteiger partial charge is 0.320 e. The summed E-state index contributed by atoms with van der Waals surface area (Å²) in [7, 11) is 2.26. The summed E-state index contributed by atoms with van der Waals surface area (Å²) in [6.45, 7) is 0. The van der Waals surface area contributed by atoms with Gasteiger partial charge in [0.05, 0.1) is 20.1 Å². The number of hydrogen-bond donors (Lipinski definition) is 0. The number of rotatable bonds is 5. The average Bonchev–Trinajstić information content (AvgIpc) is 2.23. The van der Waals surface area contributed by atoms with Crippen LogP contribution in [0, 0.1) is 5.92 Å². The second-order valence-electron chi connectivity index (χ2n) is 2.48. The minimum absolute atomic E-state index is 0.246.